The third kappa shape index (κ3) is 2.94. The molecule has 126 valence electrons. The molecule has 0 spiro atoms. The van der Waals surface area contributed by atoms with Crippen molar-refractivity contribution in [2.75, 3.05) is 5.32 Å². The van der Waals surface area contributed by atoms with Gasteiger partial charge in [0.25, 0.3) is 0 Å². The highest BCUT2D eigenvalue weighted by atomic mass is 35.5. The first-order chi connectivity index (χ1) is 12.2. The first kappa shape index (κ1) is 15.9. The minimum atomic E-state index is -0.499. The van der Waals surface area contributed by atoms with E-state index in [1.807, 2.05) is 66.9 Å². The molecule has 1 aliphatic rings. The number of nitrogens with one attached hydrogen (secondary N) is 1. The van der Waals surface area contributed by atoms with Crippen molar-refractivity contribution in [2.45, 2.75) is 24.7 Å². The summed E-state index contributed by atoms with van der Waals surface area (Å²) in [6.45, 7) is 0. The maximum Gasteiger partial charge on any atom is 0.236 e. The van der Waals surface area contributed by atoms with Gasteiger partial charge >= 0.3 is 0 Å². The van der Waals surface area contributed by atoms with E-state index in [1.165, 1.54) is 0 Å². The Labute approximate surface area is 151 Å². The van der Waals surface area contributed by atoms with Crippen molar-refractivity contribution in [3.8, 4) is 5.69 Å². The molecule has 0 atom stereocenters. The van der Waals surface area contributed by atoms with Crippen LogP contribution < -0.4 is 5.32 Å². The minimum Gasteiger partial charge on any atom is -0.308 e. The van der Waals surface area contributed by atoms with Crippen LogP contribution in [0.3, 0.4) is 0 Å². The maximum atomic E-state index is 13.0. The van der Waals surface area contributed by atoms with E-state index >= 15 is 0 Å². The van der Waals surface area contributed by atoms with Gasteiger partial charge in [0.15, 0.2) is 5.82 Å². The van der Waals surface area contributed by atoms with Crippen LogP contribution in [-0.2, 0) is 10.2 Å². The molecule has 1 amide bonds. The van der Waals surface area contributed by atoms with E-state index in [-0.39, 0.29) is 5.91 Å². The summed E-state index contributed by atoms with van der Waals surface area (Å²) in [7, 11) is 0. The molecule has 4 rings (SSSR count). The van der Waals surface area contributed by atoms with Gasteiger partial charge in [-0.1, -0.05) is 48.4 Å². The van der Waals surface area contributed by atoms with Crippen molar-refractivity contribution in [1.29, 1.82) is 0 Å². The third-order valence-corrected chi connectivity index (χ3v) is 5.11. The van der Waals surface area contributed by atoms with E-state index in [0.717, 1.165) is 30.5 Å². The lowest BCUT2D eigenvalue weighted by Gasteiger charge is -2.40. The van der Waals surface area contributed by atoms with Gasteiger partial charge < -0.3 is 5.32 Å². The molecule has 1 aromatic heterocycles. The minimum absolute atomic E-state index is 0.0145. The highest BCUT2D eigenvalue weighted by molar-refractivity contribution is 6.30. The molecule has 0 bridgehead atoms. The van der Waals surface area contributed by atoms with E-state index in [2.05, 4.69) is 10.4 Å². The smallest absolute Gasteiger partial charge is 0.236 e. The fourth-order valence-corrected chi connectivity index (χ4v) is 3.50. The van der Waals surface area contributed by atoms with E-state index in [1.54, 1.807) is 4.68 Å². The number of hydrogen-bond acceptors (Lipinski definition) is 2. The average Bonchev–Trinajstić information content (AvgIpc) is 3.03. The lowest BCUT2D eigenvalue weighted by molar-refractivity contribution is -0.124. The lowest BCUT2D eigenvalue weighted by atomic mass is 9.64. The van der Waals surface area contributed by atoms with E-state index < -0.39 is 5.41 Å². The van der Waals surface area contributed by atoms with Crippen molar-refractivity contribution in [1.82, 2.24) is 9.78 Å². The van der Waals surface area contributed by atoms with Gasteiger partial charge in [0, 0.05) is 17.3 Å². The van der Waals surface area contributed by atoms with Gasteiger partial charge in [-0.2, -0.15) is 5.10 Å². The zero-order valence-electron chi connectivity index (χ0n) is 13.7. The van der Waals surface area contributed by atoms with Crippen molar-refractivity contribution in [3.05, 3.63) is 77.4 Å². The summed E-state index contributed by atoms with van der Waals surface area (Å²) >= 11 is 6.12. The van der Waals surface area contributed by atoms with Gasteiger partial charge in [0.2, 0.25) is 5.91 Å². The molecule has 25 heavy (non-hydrogen) atoms. The molecule has 0 radical (unpaired) electrons. The first-order valence-corrected chi connectivity index (χ1v) is 8.74. The fraction of sp³-hybridized carbons (Fsp3) is 0.200. The molecule has 3 aromatic rings. The normalized spacial score (nSPS) is 15.4. The highest BCUT2D eigenvalue weighted by Gasteiger charge is 2.45. The lowest BCUT2D eigenvalue weighted by Crippen LogP contribution is -2.46. The Morgan fingerprint density at radius 2 is 1.88 bits per heavy atom. The van der Waals surface area contributed by atoms with Crippen molar-refractivity contribution in [3.63, 3.8) is 0 Å². The Hall–Kier alpha value is -2.59. The molecule has 2 aromatic carbocycles. The number of carbonyl (C=O) groups excluding carboxylic acids is 1. The van der Waals surface area contributed by atoms with Gasteiger partial charge in [0.05, 0.1) is 11.1 Å². The van der Waals surface area contributed by atoms with Gasteiger partial charge in [-0.3, -0.25) is 4.79 Å². The maximum absolute atomic E-state index is 13.0. The number of rotatable bonds is 4. The zero-order valence-corrected chi connectivity index (χ0v) is 14.4. The number of benzene rings is 2. The summed E-state index contributed by atoms with van der Waals surface area (Å²) in [6.07, 6.45) is 4.55. The number of amides is 1. The van der Waals surface area contributed by atoms with Crippen molar-refractivity contribution < 1.29 is 4.79 Å². The Morgan fingerprint density at radius 1 is 1.08 bits per heavy atom. The molecule has 4 nitrogen and oxygen atoms in total. The molecule has 1 N–H and O–H groups in total. The fourth-order valence-electron chi connectivity index (χ4n) is 3.31. The monoisotopic (exact) mass is 351 g/mol. The van der Waals surface area contributed by atoms with Crippen LogP contribution in [0.4, 0.5) is 5.82 Å². The molecule has 1 saturated carbocycles. The second-order valence-electron chi connectivity index (χ2n) is 6.38. The topological polar surface area (TPSA) is 46.9 Å². The Bertz CT molecular complexity index is 900. The van der Waals surface area contributed by atoms with Gasteiger partial charge in [-0.25, -0.2) is 4.68 Å². The predicted octanol–water partition coefficient (Wildman–Crippen LogP) is 4.59. The summed E-state index contributed by atoms with van der Waals surface area (Å²) < 4.78 is 1.75. The largest absolute Gasteiger partial charge is 0.308 e. The van der Waals surface area contributed by atoms with Gasteiger partial charge in [0.1, 0.15) is 0 Å². The Balaban J connectivity index is 1.56. The Kier molecular flexibility index (Phi) is 4.06. The van der Waals surface area contributed by atoms with Crippen LogP contribution in [0.5, 0.6) is 0 Å². The van der Waals surface area contributed by atoms with Gasteiger partial charge in [-0.15, -0.1) is 0 Å². The van der Waals surface area contributed by atoms with Crippen LogP contribution in [0.15, 0.2) is 66.9 Å². The number of hydrogen-bond donors (Lipinski definition) is 1. The van der Waals surface area contributed by atoms with Gasteiger partial charge in [-0.05, 0) is 42.7 Å². The van der Waals surface area contributed by atoms with E-state index in [9.17, 15) is 4.79 Å². The molecule has 0 unspecified atom stereocenters. The zero-order chi connectivity index (χ0) is 17.3. The quantitative estimate of drug-likeness (QED) is 0.747. The predicted molar refractivity (Wildman–Crippen MR) is 99.2 cm³/mol. The third-order valence-electron chi connectivity index (χ3n) is 4.87. The highest BCUT2D eigenvalue weighted by Crippen LogP contribution is 2.45. The van der Waals surface area contributed by atoms with Crippen LogP contribution in [-0.4, -0.2) is 15.7 Å². The molecule has 1 fully saturated rings. The average molecular weight is 352 g/mol. The number of halogens is 1. The van der Waals surface area contributed by atoms with Crippen molar-refractivity contribution >= 4 is 23.3 Å². The number of aromatic nitrogens is 2. The summed E-state index contributed by atoms with van der Waals surface area (Å²) in [5, 5.41) is 8.10. The number of para-hydroxylation sites is 1. The van der Waals surface area contributed by atoms with E-state index in [0.29, 0.717) is 10.8 Å². The van der Waals surface area contributed by atoms with Crippen LogP contribution in [0.1, 0.15) is 24.8 Å². The van der Waals surface area contributed by atoms with E-state index in [4.69, 9.17) is 11.6 Å². The number of carbonyl (C=O) groups is 1. The second kappa shape index (κ2) is 6.37. The van der Waals surface area contributed by atoms with Crippen LogP contribution >= 0.6 is 11.6 Å². The molecule has 0 saturated heterocycles. The second-order valence-corrected chi connectivity index (χ2v) is 6.82. The molecular weight excluding hydrogens is 334 g/mol. The first-order valence-electron chi connectivity index (χ1n) is 8.36. The molecule has 0 aliphatic heterocycles. The van der Waals surface area contributed by atoms with Crippen LogP contribution in [0, 0.1) is 0 Å². The molecule has 5 heteroatoms. The molecule has 1 heterocycles. The Morgan fingerprint density at radius 3 is 2.56 bits per heavy atom. The SMILES string of the molecule is O=C(Nc1ccn(-c2ccccc2)n1)C1(c2cccc(Cl)c2)CCC1. The molecule has 1 aliphatic carbocycles. The van der Waals surface area contributed by atoms with Crippen LogP contribution in [0.2, 0.25) is 5.02 Å². The summed E-state index contributed by atoms with van der Waals surface area (Å²) in [4.78, 5) is 13.0. The molecular formula is C20H18ClN3O. The number of anilines is 1. The van der Waals surface area contributed by atoms with Crippen molar-refractivity contribution in [2.24, 2.45) is 0 Å². The number of nitrogens with zero attached hydrogens (tertiary/aromatic N) is 2. The standard InChI is InChI=1S/C20H18ClN3O/c21-16-7-4-6-15(14-16)20(11-5-12-20)19(25)22-18-10-13-24(23-18)17-8-2-1-3-9-17/h1-4,6-10,13-14H,5,11-12H2,(H,22,23,25). The summed E-state index contributed by atoms with van der Waals surface area (Å²) in [6, 6.07) is 19.2. The summed E-state index contributed by atoms with van der Waals surface area (Å²) in [5.74, 6) is 0.543. The van der Waals surface area contributed by atoms with Crippen LogP contribution in [0.25, 0.3) is 5.69 Å². The summed E-state index contributed by atoms with van der Waals surface area (Å²) in [5.41, 5.74) is 1.43.